The number of nitrogens with zero attached hydrogens (tertiary/aromatic N) is 1. The zero-order chi connectivity index (χ0) is 17.9. The molecule has 0 aliphatic rings. The number of pyridine rings is 1. The van der Waals surface area contributed by atoms with Gasteiger partial charge in [0.2, 0.25) is 17.4 Å². The molecular weight excluding hydrogens is 332 g/mol. The number of hydrogen-bond acceptors (Lipinski definition) is 4. The molecule has 1 atom stereocenters. The fraction of sp³-hybridized carbons (Fsp3) is 0.200. The average Bonchev–Trinajstić information content (AvgIpc) is 2.55. The number of aliphatic hydroxyl groups excluding tert-OH is 1. The standard InChI is InChI=1S/C15H12F4N2O3/c1-7(22)6-20-15(23)8-3-2-4-9(5-8)24-12-10(16)13(18)21-14(19)11(12)17/h2-5,7,22H,6H2,1H3,(H,20,23). The van der Waals surface area contributed by atoms with E-state index in [-0.39, 0.29) is 17.9 Å². The first kappa shape index (κ1) is 17.7. The van der Waals surface area contributed by atoms with E-state index in [1.807, 2.05) is 0 Å². The Balaban J connectivity index is 2.26. The van der Waals surface area contributed by atoms with Crippen LogP contribution in [0, 0.1) is 23.5 Å². The van der Waals surface area contributed by atoms with Crippen LogP contribution in [-0.2, 0) is 0 Å². The molecule has 1 aromatic heterocycles. The minimum absolute atomic E-state index is 0.00600. The smallest absolute Gasteiger partial charge is 0.255 e. The number of amides is 1. The second-order valence-electron chi connectivity index (χ2n) is 4.84. The Hall–Kier alpha value is -2.68. The highest BCUT2D eigenvalue weighted by Gasteiger charge is 2.23. The summed E-state index contributed by atoms with van der Waals surface area (Å²) in [5, 5.41) is 11.5. The van der Waals surface area contributed by atoms with Crippen LogP contribution < -0.4 is 10.1 Å². The Labute approximate surface area is 133 Å². The molecule has 0 bridgehead atoms. The van der Waals surface area contributed by atoms with Crippen molar-refractivity contribution < 1.29 is 32.2 Å². The van der Waals surface area contributed by atoms with E-state index >= 15 is 0 Å². The number of rotatable bonds is 5. The maximum absolute atomic E-state index is 13.5. The van der Waals surface area contributed by atoms with Crippen LogP contribution >= 0.6 is 0 Å². The quantitative estimate of drug-likeness (QED) is 0.646. The van der Waals surface area contributed by atoms with Crippen LogP contribution in [0.25, 0.3) is 0 Å². The third-order valence-electron chi connectivity index (χ3n) is 2.83. The van der Waals surface area contributed by atoms with Crippen LogP contribution in [-0.4, -0.2) is 28.6 Å². The van der Waals surface area contributed by atoms with Gasteiger partial charge in [0, 0.05) is 12.1 Å². The average molecular weight is 344 g/mol. The van der Waals surface area contributed by atoms with Gasteiger partial charge in [0.05, 0.1) is 6.10 Å². The van der Waals surface area contributed by atoms with Crippen molar-refractivity contribution in [3.8, 4) is 11.5 Å². The fourth-order valence-electron chi connectivity index (χ4n) is 1.72. The van der Waals surface area contributed by atoms with Gasteiger partial charge < -0.3 is 15.2 Å². The molecule has 1 heterocycles. The number of carbonyl (C=O) groups excluding carboxylic acids is 1. The SMILES string of the molecule is CC(O)CNC(=O)c1cccc(Oc2c(F)c(F)nc(F)c2F)c1. The zero-order valence-corrected chi connectivity index (χ0v) is 12.3. The van der Waals surface area contributed by atoms with Gasteiger partial charge >= 0.3 is 0 Å². The third kappa shape index (κ3) is 3.99. The van der Waals surface area contributed by atoms with Gasteiger partial charge in [-0.2, -0.15) is 22.5 Å². The molecule has 0 saturated carbocycles. The van der Waals surface area contributed by atoms with Crippen LogP contribution in [0.2, 0.25) is 0 Å². The van der Waals surface area contributed by atoms with E-state index in [0.717, 1.165) is 6.07 Å². The summed E-state index contributed by atoms with van der Waals surface area (Å²) in [4.78, 5) is 14.3. The minimum Gasteiger partial charge on any atom is -0.451 e. The minimum atomic E-state index is -1.85. The lowest BCUT2D eigenvalue weighted by Crippen LogP contribution is -2.30. The molecule has 1 amide bonds. The monoisotopic (exact) mass is 344 g/mol. The maximum Gasteiger partial charge on any atom is 0.255 e. The van der Waals surface area contributed by atoms with Gasteiger partial charge in [0.15, 0.2) is 0 Å². The van der Waals surface area contributed by atoms with Crippen molar-refractivity contribution in [2.45, 2.75) is 13.0 Å². The second kappa shape index (κ2) is 7.26. The van der Waals surface area contributed by atoms with Crippen molar-refractivity contribution in [3.05, 3.63) is 53.4 Å². The van der Waals surface area contributed by atoms with Crippen molar-refractivity contribution >= 4 is 5.91 Å². The number of benzene rings is 1. The van der Waals surface area contributed by atoms with Crippen molar-refractivity contribution in [3.63, 3.8) is 0 Å². The molecular formula is C15H12F4N2O3. The molecule has 0 fully saturated rings. The first-order valence-electron chi connectivity index (χ1n) is 6.73. The number of carbonyl (C=O) groups is 1. The Kier molecular flexibility index (Phi) is 5.35. The Morgan fingerprint density at radius 2 is 1.88 bits per heavy atom. The van der Waals surface area contributed by atoms with Crippen molar-refractivity contribution in [1.82, 2.24) is 10.3 Å². The van der Waals surface area contributed by atoms with E-state index in [0.29, 0.717) is 0 Å². The molecule has 5 nitrogen and oxygen atoms in total. The predicted molar refractivity (Wildman–Crippen MR) is 74.6 cm³/mol. The molecule has 1 aromatic carbocycles. The maximum atomic E-state index is 13.5. The first-order valence-corrected chi connectivity index (χ1v) is 6.73. The highest BCUT2D eigenvalue weighted by atomic mass is 19.2. The summed E-state index contributed by atoms with van der Waals surface area (Å²) < 4.78 is 58.0. The van der Waals surface area contributed by atoms with Crippen LogP contribution in [0.3, 0.4) is 0 Å². The van der Waals surface area contributed by atoms with E-state index in [9.17, 15) is 22.4 Å². The summed E-state index contributed by atoms with van der Waals surface area (Å²) >= 11 is 0. The lowest BCUT2D eigenvalue weighted by molar-refractivity contribution is 0.0923. The van der Waals surface area contributed by atoms with Crippen molar-refractivity contribution in [1.29, 1.82) is 0 Å². The van der Waals surface area contributed by atoms with Gasteiger partial charge in [-0.3, -0.25) is 4.79 Å². The van der Waals surface area contributed by atoms with E-state index in [2.05, 4.69) is 10.3 Å². The van der Waals surface area contributed by atoms with Gasteiger partial charge in [0.25, 0.3) is 17.8 Å². The molecule has 2 rings (SSSR count). The van der Waals surface area contributed by atoms with Crippen molar-refractivity contribution in [2.75, 3.05) is 6.54 Å². The molecule has 1 unspecified atom stereocenters. The third-order valence-corrected chi connectivity index (χ3v) is 2.83. The topological polar surface area (TPSA) is 71.5 Å². The summed E-state index contributed by atoms with van der Waals surface area (Å²) in [6.07, 6.45) is -0.764. The molecule has 0 aliphatic heterocycles. The van der Waals surface area contributed by atoms with Crippen LogP contribution in [0.5, 0.6) is 11.5 Å². The van der Waals surface area contributed by atoms with Crippen LogP contribution in [0.15, 0.2) is 24.3 Å². The lowest BCUT2D eigenvalue weighted by atomic mass is 10.2. The zero-order valence-electron chi connectivity index (χ0n) is 12.3. The fourth-order valence-corrected chi connectivity index (χ4v) is 1.72. The Morgan fingerprint density at radius 3 is 2.46 bits per heavy atom. The van der Waals surface area contributed by atoms with E-state index in [4.69, 9.17) is 9.84 Å². The van der Waals surface area contributed by atoms with Gasteiger partial charge in [-0.25, -0.2) is 0 Å². The summed E-state index contributed by atoms with van der Waals surface area (Å²) in [5.41, 5.74) is 0.0592. The second-order valence-corrected chi connectivity index (χ2v) is 4.84. The van der Waals surface area contributed by atoms with Gasteiger partial charge in [-0.1, -0.05) is 6.07 Å². The van der Waals surface area contributed by atoms with E-state index in [1.54, 1.807) is 0 Å². The van der Waals surface area contributed by atoms with Gasteiger partial charge in [0.1, 0.15) is 5.75 Å². The molecule has 2 aromatic rings. The highest BCUT2D eigenvalue weighted by molar-refractivity contribution is 5.94. The lowest BCUT2D eigenvalue weighted by Gasteiger charge is -2.10. The first-order chi connectivity index (χ1) is 11.3. The number of ether oxygens (including phenoxy) is 1. The summed E-state index contributed by atoms with van der Waals surface area (Å²) in [6.45, 7) is 1.46. The molecule has 0 aliphatic carbocycles. The molecule has 2 N–H and O–H groups in total. The normalized spacial score (nSPS) is 11.9. The molecule has 0 saturated heterocycles. The largest absolute Gasteiger partial charge is 0.451 e. The number of nitrogens with one attached hydrogen (secondary N) is 1. The molecule has 24 heavy (non-hydrogen) atoms. The van der Waals surface area contributed by atoms with Crippen LogP contribution in [0.1, 0.15) is 17.3 Å². The molecule has 0 radical (unpaired) electrons. The van der Waals surface area contributed by atoms with E-state index < -0.39 is 41.3 Å². The summed E-state index contributed by atoms with van der Waals surface area (Å²) in [6, 6.07) is 5.08. The number of hydrogen-bond donors (Lipinski definition) is 2. The highest BCUT2D eigenvalue weighted by Crippen LogP contribution is 2.29. The summed E-state index contributed by atoms with van der Waals surface area (Å²) in [5.74, 6) is -9.39. The predicted octanol–water partition coefficient (Wildman–Crippen LogP) is 2.54. The van der Waals surface area contributed by atoms with Gasteiger partial charge in [-0.15, -0.1) is 0 Å². The molecule has 9 heteroatoms. The molecule has 0 spiro atoms. The Bertz CT molecular complexity index is 742. The van der Waals surface area contributed by atoms with E-state index in [1.165, 1.54) is 25.1 Å². The van der Waals surface area contributed by atoms with Gasteiger partial charge in [-0.05, 0) is 25.1 Å². The number of aromatic nitrogens is 1. The Morgan fingerprint density at radius 1 is 1.25 bits per heavy atom. The number of halogens is 4. The van der Waals surface area contributed by atoms with Crippen LogP contribution in [0.4, 0.5) is 17.6 Å². The van der Waals surface area contributed by atoms with Crippen molar-refractivity contribution in [2.24, 2.45) is 0 Å². The summed E-state index contributed by atoms with van der Waals surface area (Å²) in [7, 11) is 0. The molecule has 128 valence electrons. The number of aliphatic hydroxyl groups is 1.